The molecule has 0 aromatic heterocycles. The van der Waals surface area contributed by atoms with Gasteiger partial charge in [0.15, 0.2) is 11.5 Å². The average molecular weight is 504 g/mol. The molecule has 0 radical (unpaired) electrons. The van der Waals surface area contributed by atoms with Gasteiger partial charge in [0.2, 0.25) is 0 Å². The SMILES string of the molecule is C#CCC.CCOC(=O)CNC(=O)C1=C(OCc2ccccc2)c2cccc(CC)c2CN1N=C(C)C. The van der Waals surface area contributed by atoms with E-state index in [2.05, 4.69) is 29.3 Å². The van der Waals surface area contributed by atoms with Gasteiger partial charge in [0.05, 0.1) is 13.2 Å². The molecular weight excluding hydrogens is 466 g/mol. The molecule has 0 saturated carbocycles. The zero-order valence-electron chi connectivity index (χ0n) is 22.5. The maximum Gasteiger partial charge on any atom is 0.325 e. The number of ether oxygens (including phenoxy) is 2. The van der Waals surface area contributed by atoms with Crippen LogP contribution in [-0.4, -0.2) is 35.7 Å². The van der Waals surface area contributed by atoms with E-state index in [4.69, 9.17) is 15.9 Å². The van der Waals surface area contributed by atoms with Crippen LogP contribution in [0.2, 0.25) is 0 Å². The lowest BCUT2D eigenvalue weighted by atomic mass is 9.94. The summed E-state index contributed by atoms with van der Waals surface area (Å²) in [6.45, 7) is 10.3. The molecule has 1 aliphatic rings. The van der Waals surface area contributed by atoms with Crippen LogP contribution in [-0.2, 0) is 38.6 Å². The zero-order valence-corrected chi connectivity index (χ0v) is 22.5. The second kappa shape index (κ2) is 15.1. The number of esters is 1. The molecule has 0 saturated heterocycles. The lowest BCUT2D eigenvalue weighted by Crippen LogP contribution is -2.39. The predicted octanol–water partition coefficient (Wildman–Crippen LogP) is 5.05. The third-order valence-electron chi connectivity index (χ3n) is 5.34. The number of benzene rings is 2. The van der Waals surface area contributed by atoms with Gasteiger partial charge in [0.25, 0.3) is 5.91 Å². The van der Waals surface area contributed by atoms with Crippen LogP contribution in [0.5, 0.6) is 0 Å². The molecule has 1 amide bonds. The van der Waals surface area contributed by atoms with Crippen LogP contribution in [0.3, 0.4) is 0 Å². The predicted molar refractivity (Wildman–Crippen MR) is 147 cm³/mol. The van der Waals surface area contributed by atoms with Crippen LogP contribution in [0, 0.1) is 12.3 Å². The Hall–Kier alpha value is -4.05. The summed E-state index contributed by atoms with van der Waals surface area (Å²) in [5.41, 5.74) is 5.18. The summed E-state index contributed by atoms with van der Waals surface area (Å²) in [6, 6.07) is 15.8. The van der Waals surface area contributed by atoms with E-state index >= 15 is 0 Å². The van der Waals surface area contributed by atoms with Crippen molar-refractivity contribution in [2.45, 2.75) is 60.6 Å². The minimum absolute atomic E-state index is 0.230. The number of carbonyl (C=O) groups is 2. The maximum absolute atomic E-state index is 13.3. The summed E-state index contributed by atoms with van der Waals surface area (Å²) in [5.74, 6) is 1.94. The van der Waals surface area contributed by atoms with Crippen molar-refractivity contribution in [1.29, 1.82) is 0 Å². The van der Waals surface area contributed by atoms with Crippen molar-refractivity contribution in [1.82, 2.24) is 10.3 Å². The van der Waals surface area contributed by atoms with Crippen molar-refractivity contribution in [3.05, 3.63) is 76.5 Å². The number of amides is 1. The van der Waals surface area contributed by atoms with E-state index < -0.39 is 11.9 Å². The number of nitrogens with zero attached hydrogens (tertiary/aromatic N) is 2. The molecule has 1 heterocycles. The monoisotopic (exact) mass is 503 g/mol. The summed E-state index contributed by atoms with van der Waals surface area (Å²) in [5, 5.41) is 8.95. The highest BCUT2D eigenvalue weighted by molar-refractivity contribution is 6.01. The van der Waals surface area contributed by atoms with E-state index in [1.165, 1.54) is 5.56 Å². The molecule has 7 heteroatoms. The fourth-order valence-corrected chi connectivity index (χ4v) is 3.71. The Bertz CT molecular complexity index is 1160. The number of hydrogen-bond acceptors (Lipinski definition) is 6. The van der Waals surface area contributed by atoms with Gasteiger partial charge in [0.1, 0.15) is 13.2 Å². The molecule has 2 aromatic carbocycles. The van der Waals surface area contributed by atoms with E-state index in [1.807, 2.05) is 63.2 Å². The van der Waals surface area contributed by atoms with Crippen molar-refractivity contribution >= 4 is 23.3 Å². The van der Waals surface area contributed by atoms with Crippen molar-refractivity contribution in [3.63, 3.8) is 0 Å². The Morgan fingerprint density at radius 3 is 2.38 bits per heavy atom. The van der Waals surface area contributed by atoms with Gasteiger partial charge in [-0.3, -0.25) is 14.6 Å². The second-order valence-electron chi connectivity index (χ2n) is 8.40. The first-order valence-electron chi connectivity index (χ1n) is 12.5. The van der Waals surface area contributed by atoms with E-state index in [-0.39, 0.29) is 18.8 Å². The molecule has 2 aromatic rings. The number of carbonyl (C=O) groups excluding carboxylic acids is 2. The van der Waals surface area contributed by atoms with Crippen LogP contribution in [0.1, 0.15) is 63.3 Å². The first-order valence-corrected chi connectivity index (χ1v) is 12.5. The molecule has 1 aliphatic heterocycles. The number of terminal acetylenes is 1. The summed E-state index contributed by atoms with van der Waals surface area (Å²) in [4.78, 5) is 25.2. The summed E-state index contributed by atoms with van der Waals surface area (Å²) in [6.07, 6.45) is 6.47. The second-order valence-corrected chi connectivity index (χ2v) is 8.40. The molecule has 196 valence electrons. The number of aryl methyl sites for hydroxylation is 1. The van der Waals surface area contributed by atoms with Crippen molar-refractivity contribution < 1.29 is 19.1 Å². The Kier molecular flexibility index (Phi) is 11.9. The third kappa shape index (κ3) is 8.53. The third-order valence-corrected chi connectivity index (χ3v) is 5.34. The lowest BCUT2D eigenvalue weighted by molar-refractivity contribution is -0.143. The highest BCUT2D eigenvalue weighted by Crippen LogP contribution is 2.35. The normalized spacial score (nSPS) is 11.8. The smallest absolute Gasteiger partial charge is 0.325 e. The van der Waals surface area contributed by atoms with Crippen LogP contribution >= 0.6 is 0 Å². The van der Waals surface area contributed by atoms with Crippen molar-refractivity contribution in [3.8, 4) is 12.3 Å². The Labute approximate surface area is 220 Å². The molecule has 0 bridgehead atoms. The first-order chi connectivity index (χ1) is 17.9. The van der Waals surface area contributed by atoms with Gasteiger partial charge >= 0.3 is 5.97 Å². The van der Waals surface area contributed by atoms with Crippen LogP contribution in [0.4, 0.5) is 0 Å². The fraction of sp³-hybridized carbons (Fsp3) is 0.367. The van der Waals surface area contributed by atoms with E-state index in [9.17, 15) is 9.59 Å². The van der Waals surface area contributed by atoms with Gasteiger partial charge in [-0.05, 0) is 43.9 Å². The van der Waals surface area contributed by atoms with E-state index in [1.54, 1.807) is 11.9 Å². The van der Waals surface area contributed by atoms with E-state index in [0.29, 0.717) is 18.9 Å². The molecule has 0 spiro atoms. The Morgan fingerprint density at radius 2 is 1.78 bits per heavy atom. The number of hydrogen-bond donors (Lipinski definition) is 1. The lowest BCUT2D eigenvalue weighted by Gasteiger charge is -2.32. The number of hydrazone groups is 1. The molecule has 0 fully saturated rings. The topological polar surface area (TPSA) is 80.2 Å². The standard InChI is InChI=1S/C26H31N3O4.C4H6/c1-5-20-13-10-14-21-22(20)16-29(28-18(3)4)24(26(31)27-15-23(30)32-6-2)25(21)33-17-19-11-8-7-9-12-19;1-3-4-2/h7-14H,5-6,15-17H2,1-4H3,(H,27,31);1H,4H2,2H3. The summed E-state index contributed by atoms with van der Waals surface area (Å²) >= 11 is 0. The summed E-state index contributed by atoms with van der Waals surface area (Å²) < 4.78 is 11.2. The number of nitrogens with one attached hydrogen (secondary N) is 1. The molecule has 1 N–H and O–H groups in total. The molecule has 37 heavy (non-hydrogen) atoms. The van der Waals surface area contributed by atoms with Gasteiger partial charge in [-0.25, -0.2) is 0 Å². The number of rotatable bonds is 9. The van der Waals surface area contributed by atoms with Crippen molar-refractivity contribution in [2.24, 2.45) is 5.10 Å². The summed E-state index contributed by atoms with van der Waals surface area (Å²) in [7, 11) is 0. The minimum atomic E-state index is -0.496. The van der Waals surface area contributed by atoms with E-state index in [0.717, 1.165) is 35.2 Å². The molecule has 0 unspecified atom stereocenters. The molecule has 3 rings (SSSR count). The molecule has 0 aliphatic carbocycles. The quantitative estimate of drug-likeness (QED) is 0.294. The largest absolute Gasteiger partial charge is 0.486 e. The highest BCUT2D eigenvalue weighted by Gasteiger charge is 2.32. The first kappa shape index (κ1) is 29.2. The van der Waals surface area contributed by atoms with Crippen molar-refractivity contribution in [2.75, 3.05) is 13.2 Å². The Morgan fingerprint density at radius 1 is 1.08 bits per heavy atom. The Balaban J connectivity index is 0.00000112. The average Bonchev–Trinajstić information content (AvgIpc) is 2.90. The molecule has 0 atom stereocenters. The van der Waals surface area contributed by atoms with Crippen LogP contribution < -0.4 is 5.32 Å². The van der Waals surface area contributed by atoms with Crippen LogP contribution in [0.15, 0.2) is 59.3 Å². The van der Waals surface area contributed by atoms with Gasteiger partial charge in [0, 0.05) is 17.7 Å². The van der Waals surface area contributed by atoms with Gasteiger partial charge < -0.3 is 14.8 Å². The zero-order chi connectivity index (χ0) is 27.2. The minimum Gasteiger partial charge on any atom is -0.486 e. The highest BCUT2D eigenvalue weighted by atomic mass is 16.5. The van der Waals surface area contributed by atoms with Gasteiger partial charge in [-0.1, -0.05) is 62.4 Å². The molecular formula is C30H37N3O4. The van der Waals surface area contributed by atoms with Crippen LogP contribution in [0.25, 0.3) is 5.76 Å². The fourth-order valence-electron chi connectivity index (χ4n) is 3.71. The molecule has 7 nitrogen and oxygen atoms in total. The number of fused-ring (bicyclic) bond motifs is 1. The maximum atomic E-state index is 13.3. The van der Waals surface area contributed by atoms with Gasteiger partial charge in [-0.15, -0.1) is 12.3 Å². The van der Waals surface area contributed by atoms with Gasteiger partial charge in [-0.2, -0.15) is 5.10 Å².